The second-order valence-corrected chi connectivity index (χ2v) is 8.05. The lowest BCUT2D eigenvalue weighted by Gasteiger charge is -2.11. The Balaban J connectivity index is 3.21. The summed E-state index contributed by atoms with van der Waals surface area (Å²) in [6.45, 7) is 2.62. The van der Waals surface area contributed by atoms with E-state index in [1.807, 2.05) is 4.72 Å². The Kier molecular flexibility index (Phi) is 4.90. The molecule has 0 aliphatic heterocycles. The number of carboxylic acids is 1. The Bertz CT molecular complexity index is 708. The van der Waals surface area contributed by atoms with E-state index < -0.39 is 31.9 Å². The smallest absolute Gasteiger partial charge is 0.321 e. The summed E-state index contributed by atoms with van der Waals surface area (Å²) in [5, 5.41) is 8.69. The monoisotopic (exact) mass is 321 g/mol. The molecule has 9 heteroatoms. The minimum Gasteiger partial charge on any atom is -0.480 e. The van der Waals surface area contributed by atoms with Gasteiger partial charge in [-0.2, -0.15) is 4.72 Å². The number of aliphatic carboxylic acids is 1. The van der Waals surface area contributed by atoms with Crippen molar-refractivity contribution in [1.82, 2.24) is 4.72 Å². The van der Waals surface area contributed by atoms with Gasteiger partial charge in [0.2, 0.25) is 10.0 Å². The molecular weight excluding hydrogens is 306 g/mol. The molecule has 0 aliphatic carbocycles. The first-order valence-corrected chi connectivity index (χ1v) is 8.81. The zero-order chi connectivity index (χ0) is 15.6. The molecule has 0 amide bonds. The van der Waals surface area contributed by atoms with Gasteiger partial charge in [0.05, 0.1) is 15.5 Å². The number of hydrogen-bond acceptors (Lipinski definition) is 5. The first kappa shape index (κ1) is 16.6. The normalized spacial score (nSPS) is 13.9. The molecule has 0 saturated carbocycles. The lowest BCUT2D eigenvalue weighted by atomic mass is 10.4. The van der Waals surface area contributed by atoms with Crippen LogP contribution in [-0.4, -0.2) is 39.7 Å². The molecule has 0 aliphatic rings. The van der Waals surface area contributed by atoms with E-state index in [2.05, 4.69) is 0 Å². The molecule has 1 aromatic carbocycles. The van der Waals surface area contributed by atoms with E-state index in [1.165, 1.54) is 32.0 Å². The molecule has 0 radical (unpaired) electrons. The highest BCUT2D eigenvalue weighted by molar-refractivity contribution is 7.91. The summed E-state index contributed by atoms with van der Waals surface area (Å²) in [7, 11) is -7.63. The second-order valence-electron chi connectivity index (χ2n) is 4.06. The highest BCUT2D eigenvalue weighted by Crippen LogP contribution is 2.17. The second kappa shape index (κ2) is 5.90. The quantitative estimate of drug-likeness (QED) is 0.774. The molecule has 7 nitrogen and oxygen atoms in total. The predicted octanol–water partition coefficient (Wildman–Crippen LogP) is 0.232. The zero-order valence-corrected chi connectivity index (χ0v) is 12.5. The van der Waals surface area contributed by atoms with Crippen LogP contribution in [0.3, 0.4) is 0 Å². The molecule has 1 atom stereocenters. The van der Waals surface area contributed by atoms with Crippen molar-refractivity contribution >= 4 is 25.8 Å². The largest absolute Gasteiger partial charge is 0.480 e. The van der Waals surface area contributed by atoms with Gasteiger partial charge in [0.1, 0.15) is 6.04 Å². The van der Waals surface area contributed by atoms with Crippen LogP contribution in [0.5, 0.6) is 0 Å². The molecule has 2 N–H and O–H groups in total. The van der Waals surface area contributed by atoms with Crippen LogP contribution >= 0.6 is 0 Å². The fraction of sp³-hybridized carbons (Fsp3) is 0.364. The Morgan fingerprint density at radius 2 is 1.80 bits per heavy atom. The number of sulfone groups is 1. The molecule has 0 fully saturated rings. The van der Waals surface area contributed by atoms with Crippen LogP contribution in [0.2, 0.25) is 0 Å². The van der Waals surface area contributed by atoms with Crippen molar-refractivity contribution < 1.29 is 26.7 Å². The Hall–Kier alpha value is -1.45. The number of benzene rings is 1. The molecule has 20 heavy (non-hydrogen) atoms. The molecule has 1 rings (SSSR count). The van der Waals surface area contributed by atoms with E-state index in [-0.39, 0.29) is 15.5 Å². The van der Waals surface area contributed by atoms with Crippen LogP contribution in [0.1, 0.15) is 13.8 Å². The van der Waals surface area contributed by atoms with Gasteiger partial charge in [-0.3, -0.25) is 4.79 Å². The van der Waals surface area contributed by atoms with E-state index in [0.717, 1.165) is 6.07 Å². The van der Waals surface area contributed by atoms with Crippen LogP contribution in [-0.2, 0) is 24.7 Å². The third-order valence-electron chi connectivity index (χ3n) is 2.56. The molecule has 0 unspecified atom stereocenters. The Labute approximate surface area is 117 Å². The summed E-state index contributed by atoms with van der Waals surface area (Å²) < 4.78 is 49.2. The summed E-state index contributed by atoms with van der Waals surface area (Å²) in [6.07, 6.45) is 0. The molecule has 0 heterocycles. The van der Waals surface area contributed by atoms with Crippen molar-refractivity contribution in [3.8, 4) is 0 Å². The van der Waals surface area contributed by atoms with Gasteiger partial charge in [-0.15, -0.1) is 0 Å². The molecule has 0 aromatic heterocycles. The van der Waals surface area contributed by atoms with Crippen molar-refractivity contribution in [2.45, 2.75) is 29.7 Å². The van der Waals surface area contributed by atoms with Gasteiger partial charge in [0, 0.05) is 0 Å². The number of sulfonamides is 1. The summed E-state index contributed by atoms with van der Waals surface area (Å²) in [6, 6.07) is 3.48. The number of hydrogen-bond donors (Lipinski definition) is 2. The molecule has 0 saturated heterocycles. The zero-order valence-electron chi connectivity index (χ0n) is 10.9. The minimum absolute atomic E-state index is 0.120. The van der Waals surface area contributed by atoms with Crippen LogP contribution in [0.15, 0.2) is 34.1 Å². The maximum absolute atomic E-state index is 11.9. The fourth-order valence-corrected chi connectivity index (χ4v) is 3.60. The van der Waals surface area contributed by atoms with E-state index in [4.69, 9.17) is 5.11 Å². The third-order valence-corrected chi connectivity index (χ3v) is 5.83. The molecule has 112 valence electrons. The van der Waals surface area contributed by atoms with E-state index in [0.29, 0.717) is 0 Å². The maximum Gasteiger partial charge on any atom is 0.321 e. The van der Waals surface area contributed by atoms with Crippen LogP contribution < -0.4 is 4.72 Å². The van der Waals surface area contributed by atoms with Crippen LogP contribution in [0.25, 0.3) is 0 Å². The van der Waals surface area contributed by atoms with Crippen molar-refractivity contribution in [3.63, 3.8) is 0 Å². The molecule has 0 bridgehead atoms. The predicted molar refractivity (Wildman–Crippen MR) is 71.6 cm³/mol. The van der Waals surface area contributed by atoms with Gasteiger partial charge in [0.25, 0.3) is 0 Å². The van der Waals surface area contributed by atoms with Crippen LogP contribution in [0, 0.1) is 0 Å². The lowest BCUT2D eigenvalue weighted by molar-refractivity contribution is -0.138. The van der Waals surface area contributed by atoms with Crippen molar-refractivity contribution in [2.75, 3.05) is 5.75 Å². The number of nitrogens with one attached hydrogen (secondary N) is 1. The van der Waals surface area contributed by atoms with Crippen molar-refractivity contribution in [3.05, 3.63) is 24.3 Å². The maximum atomic E-state index is 11.9. The van der Waals surface area contributed by atoms with E-state index >= 15 is 0 Å². The average molecular weight is 321 g/mol. The van der Waals surface area contributed by atoms with Gasteiger partial charge in [-0.25, -0.2) is 16.8 Å². The van der Waals surface area contributed by atoms with Gasteiger partial charge < -0.3 is 5.11 Å². The summed E-state index contributed by atoms with van der Waals surface area (Å²) >= 11 is 0. The van der Waals surface area contributed by atoms with E-state index in [1.54, 1.807) is 0 Å². The highest BCUT2D eigenvalue weighted by Gasteiger charge is 2.23. The number of rotatable bonds is 6. The lowest BCUT2D eigenvalue weighted by Crippen LogP contribution is -2.38. The Morgan fingerprint density at radius 3 is 2.30 bits per heavy atom. The van der Waals surface area contributed by atoms with Crippen molar-refractivity contribution in [1.29, 1.82) is 0 Å². The minimum atomic E-state index is -4.09. The number of carboxylic acid groups (broad SMARTS) is 1. The highest BCUT2D eigenvalue weighted by atomic mass is 32.2. The molecule has 0 spiro atoms. The Morgan fingerprint density at radius 1 is 1.25 bits per heavy atom. The van der Waals surface area contributed by atoms with Gasteiger partial charge in [-0.1, -0.05) is 13.0 Å². The topological polar surface area (TPSA) is 118 Å². The van der Waals surface area contributed by atoms with Gasteiger partial charge >= 0.3 is 5.97 Å². The van der Waals surface area contributed by atoms with Crippen molar-refractivity contribution in [2.24, 2.45) is 0 Å². The first-order chi connectivity index (χ1) is 9.10. The molecular formula is C11H15NO6S2. The standard InChI is InChI=1S/C11H15NO6S2/c1-3-19(15,16)9-5-4-6-10(7-9)20(17,18)12-8(2)11(13)14/h4-8,12H,3H2,1-2H3,(H,13,14)/t8-/m1/s1. The SMILES string of the molecule is CCS(=O)(=O)c1cccc(S(=O)(=O)N[C@H](C)C(=O)O)c1. The van der Waals surface area contributed by atoms with Gasteiger partial charge in [-0.05, 0) is 25.1 Å². The van der Waals surface area contributed by atoms with Crippen LogP contribution in [0.4, 0.5) is 0 Å². The van der Waals surface area contributed by atoms with Gasteiger partial charge in [0.15, 0.2) is 9.84 Å². The molecule has 1 aromatic rings. The fourth-order valence-electron chi connectivity index (χ4n) is 1.35. The first-order valence-electron chi connectivity index (χ1n) is 5.68. The summed E-state index contributed by atoms with van der Waals surface area (Å²) in [5.74, 6) is -1.49. The number of carbonyl (C=O) groups is 1. The van der Waals surface area contributed by atoms with E-state index in [9.17, 15) is 21.6 Å². The average Bonchev–Trinajstić information content (AvgIpc) is 2.38. The summed E-state index contributed by atoms with van der Waals surface area (Å²) in [4.78, 5) is 10.2. The summed E-state index contributed by atoms with van der Waals surface area (Å²) in [5.41, 5.74) is 0. The third kappa shape index (κ3) is 3.78.